The lowest BCUT2D eigenvalue weighted by molar-refractivity contribution is -0.161. The highest BCUT2D eigenvalue weighted by Crippen LogP contribution is 2.45. The van der Waals surface area contributed by atoms with Gasteiger partial charge in [-0.3, -0.25) is 37.3 Å². The van der Waals surface area contributed by atoms with Crippen molar-refractivity contribution in [2.75, 3.05) is 39.6 Å². The van der Waals surface area contributed by atoms with E-state index in [-0.39, 0.29) is 25.7 Å². The van der Waals surface area contributed by atoms with Gasteiger partial charge in [-0.1, -0.05) is 296 Å². The monoisotopic (exact) mass is 1400 g/mol. The Labute approximate surface area is 585 Å². The normalized spacial score (nSPS) is 14.3. The van der Waals surface area contributed by atoms with E-state index in [9.17, 15) is 43.2 Å². The van der Waals surface area contributed by atoms with Crippen LogP contribution in [-0.4, -0.2) is 96.7 Å². The van der Waals surface area contributed by atoms with E-state index in [1.165, 1.54) is 128 Å². The van der Waals surface area contributed by atoms with Gasteiger partial charge in [0.15, 0.2) is 12.2 Å². The number of unbranched alkanes of at least 4 members (excludes halogenated alkanes) is 36. The number of carbonyl (C=O) groups excluding carboxylic acids is 4. The van der Waals surface area contributed by atoms with Crippen LogP contribution in [0.25, 0.3) is 0 Å². The summed E-state index contributed by atoms with van der Waals surface area (Å²) >= 11 is 0. The Morgan fingerprint density at radius 1 is 0.323 bits per heavy atom. The molecule has 0 radical (unpaired) electrons. The van der Waals surface area contributed by atoms with E-state index in [2.05, 4.69) is 90.2 Å². The van der Waals surface area contributed by atoms with Gasteiger partial charge in [0.05, 0.1) is 26.4 Å². The molecule has 0 heterocycles. The van der Waals surface area contributed by atoms with E-state index in [4.69, 9.17) is 37.0 Å². The van der Waals surface area contributed by atoms with Crippen LogP contribution in [0, 0.1) is 11.8 Å². The van der Waals surface area contributed by atoms with E-state index >= 15 is 0 Å². The zero-order valence-electron chi connectivity index (χ0n) is 61.6. The molecule has 0 amide bonds. The van der Waals surface area contributed by atoms with Gasteiger partial charge in [0.25, 0.3) is 0 Å². The summed E-state index contributed by atoms with van der Waals surface area (Å²) in [4.78, 5) is 72.8. The van der Waals surface area contributed by atoms with Gasteiger partial charge < -0.3 is 33.8 Å². The Bertz CT molecular complexity index is 2040. The van der Waals surface area contributed by atoms with E-state index in [1.54, 1.807) is 0 Å². The number of hydrogen-bond donors (Lipinski definition) is 3. The van der Waals surface area contributed by atoms with E-state index in [0.29, 0.717) is 31.6 Å². The number of aliphatic hydroxyl groups excluding tert-OH is 1. The molecule has 0 bridgehead atoms. The lowest BCUT2D eigenvalue weighted by Gasteiger charge is -2.21. The maximum Gasteiger partial charge on any atom is 0.472 e. The highest BCUT2D eigenvalue weighted by atomic mass is 31.2. The quantitative estimate of drug-likeness (QED) is 0.0169. The van der Waals surface area contributed by atoms with E-state index in [0.717, 1.165) is 134 Å². The second-order valence-electron chi connectivity index (χ2n) is 27.3. The van der Waals surface area contributed by atoms with Gasteiger partial charge >= 0.3 is 39.5 Å². The van der Waals surface area contributed by atoms with Gasteiger partial charge in [-0.05, 0) is 88.9 Å². The SMILES string of the molecule is CCCCCC/C=C\C=C/CCCCCCCC(=O)OC[C@H](COP(=O)(O)OC[C@@H](O)COP(=O)(O)OC[C@@H](COC(=O)CCCCCCCCC(C)C)OC(=O)CCCCCCCCCCCCCCCCC(C)C)OC(=O)CCCCCCC/C=C\C=C/CCCCCC. The molecular formula is C77H142O17P2. The second-order valence-corrected chi connectivity index (χ2v) is 30.2. The third kappa shape index (κ3) is 69.5. The van der Waals surface area contributed by atoms with Crippen LogP contribution in [0.2, 0.25) is 0 Å². The zero-order chi connectivity index (χ0) is 70.7. The summed E-state index contributed by atoms with van der Waals surface area (Å²) in [5.41, 5.74) is 0. The second kappa shape index (κ2) is 67.8. The van der Waals surface area contributed by atoms with Crippen molar-refractivity contribution < 1.29 is 80.2 Å². The predicted octanol–water partition coefficient (Wildman–Crippen LogP) is 21.8. The third-order valence-electron chi connectivity index (χ3n) is 16.7. The molecule has 17 nitrogen and oxygen atoms in total. The third-order valence-corrected chi connectivity index (χ3v) is 18.6. The van der Waals surface area contributed by atoms with Crippen molar-refractivity contribution in [3.05, 3.63) is 48.6 Å². The number of allylic oxidation sites excluding steroid dienone is 8. The molecule has 96 heavy (non-hydrogen) atoms. The van der Waals surface area contributed by atoms with Gasteiger partial charge in [0.1, 0.15) is 19.3 Å². The highest BCUT2D eigenvalue weighted by Gasteiger charge is 2.30. The molecule has 0 aliphatic heterocycles. The molecule has 562 valence electrons. The smallest absolute Gasteiger partial charge is 0.462 e. The average Bonchev–Trinajstić information content (AvgIpc) is 1.13. The molecule has 0 fully saturated rings. The number of hydrogen-bond acceptors (Lipinski definition) is 15. The largest absolute Gasteiger partial charge is 0.472 e. The maximum absolute atomic E-state index is 13.1. The Kier molecular flexibility index (Phi) is 65.7. The molecule has 0 aromatic rings. The molecule has 2 unspecified atom stereocenters. The zero-order valence-corrected chi connectivity index (χ0v) is 63.4. The molecule has 0 aliphatic rings. The fraction of sp³-hybridized carbons (Fsp3) is 0.844. The van der Waals surface area contributed by atoms with Gasteiger partial charge in [-0.2, -0.15) is 0 Å². The average molecular weight is 1400 g/mol. The molecule has 0 saturated carbocycles. The molecule has 0 aromatic heterocycles. The molecule has 5 atom stereocenters. The Morgan fingerprint density at radius 2 is 0.562 bits per heavy atom. The fourth-order valence-electron chi connectivity index (χ4n) is 10.7. The highest BCUT2D eigenvalue weighted by molar-refractivity contribution is 7.47. The van der Waals surface area contributed by atoms with Crippen LogP contribution in [-0.2, 0) is 65.4 Å². The minimum atomic E-state index is -4.97. The van der Waals surface area contributed by atoms with Crippen molar-refractivity contribution in [3.63, 3.8) is 0 Å². The first-order chi connectivity index (χ1) is 46.4. The van der Waals surface area contributed by atoms with Gasteiger partial charge in [0, 0.05) is 25.7 Å². The number of phosphoric acid groups is 2. The summed E-state index contributed by atoms with van der Waals surface area (Å²) in [7, 11) is -9.94. The summed E-state index contributed by atoms with van der Waals surface area (Å²) in [6.45, 7) is 9.40. The van der Waals surface area contributed by atoms with Crippen LogP contribution in [0.15, 0.2) is 48.6 Å². The summed E-state index contributed by atoms with van der Waals surface area (Å²) in [5.74, 6) is -0.710. The maximum atomic E-state index is 13.1. The summed E-state index contributed by atoms with van der Waals surface area (Å²) in [5, 5.41) is 10.6. The molecule has 0 aliphatic carbocycles. The lowest BCUT2D eigenvalue weighted by atomic mass is 10.0. The van der Waals surface area contributed by atoms with Crippen LogP contribution >= 0.6 is 15.6 Å². The van der Waals surface area contributed by atoms with Crippen LogP contribution in [0.5, 0.6) is 0 Å². The Hall–Kier alpha value is -2.98. The fourth-order valence-corrected chi connectivity index (χ4v) is 12.3. The summed E-state index contributed by atoms with van der Waals surface area (Å²) in [6.07, 6.45) is 61.4. The standard InChI is InChI=1S/C77H142O17P2/c1-7-9-11-13-15-17-19-21-23-28-32-36-40-47-53-59-74(79)87-65-72(93-76(81)61-55-49-41-37-33-29-24-22-20-18-16-14-12-10-8-2)67-91-95(83,84)89-63-71(78)64-90-96(85,86)92-68-73(66-88-75(80)60-54-48-44-43-46-52-58-70(5)6)94-77(82)62-56-50-42-38-34-30-26-25-27-31-35-39-45-51-57-69(3)4/h17-24,69-73,78H,7-16,25-68H2,1-6H3,(H,83,84)(H,85,86)/b19-17-,20-18-,23-21-,24-22-/t71-,72-,73-/m1/s1. The number of aliphatic hydroxyl groups is 1. The molecule has 3 N–H and O–H groups in total. The summed E-state index contributed by atoms with van der Waals surface area (Å²) in [6, 6.07) is 0. The lowest BCUT2D eigenvalue weighted by Crippen LogP contribution is -2.30. The van der Waals surface area contributed by atoms with Crippen LogP contribution < -0.4 is 0 Å². The van der Waals surface area contributed by atoms with Crippen LogP contribution in [0.1, 0.15) is 350 Å². The Balaban J connectivity index is 5.30. The van der Waals surface area contributed by atoms with Gasteiger partial charge in [-0.15, -0.1) is 0 Å². The van der Waals surface area contributed by atoms with Crippen molar-refractivity contribution in [2.45, 2.75) is 368 Å². The van der Waals surface area contributed by atoms with Crippen molar-refractivity contribution in [2.24, 2.45) is 11.8 Å². The molecular weight excluding hydrogens is 1260 g/mol. The molecule has 0 saturated heterocycles. The van der Waals surface area contributed by atoms with Crippen molar-refractivity contribution in [1.82, 2.24) is 0 Å². The first kappa shape index (κ1) is 93.0. The molecule has 19 heteroatoms. The van der Waals surface area contributed by atoms with Crippen molar-refractivity contribution in [1.29, 1.82) is 0 Å². The van der Waals surface area contributed by atoms with Crippen LogP contribution in [0.4, 0.5) is 0 Å². The topological polar surface area (TPSA) is 237 Å². The number of esters is 4. The van der Waals surface area contributed by atoms with Crippen molar-refractivity contribution in [3.8, 4) is 0 Å². The van der Waals surface area contributed by atoms with E-state index < -0.39 is 97.5 Å². The summed E-state index contributed by atoms with van der Waals surface area (Å²) < 4.78 is 68.4. The minimum absolute atomic E-state index is 0.0779. The number of carbonyl (C=O) groups is 4. The minimum Gasteiger partial charge on any atom is -0.462 e. The van der Waals surface area contributed by atoms with Gasteiger partial charge in [0.2, 0.25) is 0 Å². The first-order valence-electron chi connectivity index (χ1n) is 38.6. The molecule has 0 aromatic carbocycles. The van der Waals surface area contributed by atoms with Crippen molar-refractivity contribution >= 4 is 39.5 Å². The van der Waals surface area contributed by atoms with Gasteiger partial charge in [-0.25, -0.2) is 9.13 Å². The molecule has 0 rings (SSSR count). The van der Waals surface area contributed by atoms with Crippen LogP contribution in [0.3, 0.4) is 0 Å². The van der Waals surface area contributed by atoms with E-state index in [1.807, 2.05) is 0 Å². The number of rotatable bonds is 72. The molecule has 0 spiro atoms. The Morgan fingerprint density at radius 3 is 0.844 bits per heavy atom. The number of ether oxygens (including phenoxy) is 4. The first-order valence-corrected chi connectivity index (χ1v) is 41.6. The predicted molar refractivity (Wildman–Crippen MR) is 390 cm³/mol. The number of phosphoric ester groups is 2.